The minimum atomic E-state index is -0.918. The summed E-state index contributed by atoms with van der Waals surface area (Å²) in [6, 6.07) is 12.4. The third kappa shape index (κ3) is 5.67. The zero-order valence-corrected chi connectivity index (χ0v) is 18.1. The van der Waals surface area contributed by atoms with Gasteiger partial charge < -0.3 is 5.32 Å². The molecule has 2 aromatic carbocycles. The zero-order chi connectivity index (χ0) is 23.3. The zero-order valence-electron chi connectivity index (χ0n) is 17.4. The summed E-state index contributed by atoms with van der Waals surface area (Å²) in [7, 11) is 0. The second kappa shape index (κ2) is 10.0. The molecule has 3 aromatic rings. The fourth-order valence-corrected chi connectivity index (χ4v) is 3.13. The molecule has 32 heavy (non-hydrogen) atoms. The van der Waals surface area contributed by atoms with Gasteiger partial charge in [0.05, 0.1) is 11.5 Å². The van der Waals surface area contributed by atoms with Crippen LogP contribution in [-0.2, 0) is 11.3 Å². The molecule has 0 bridgehead atoms. The van der Waals surface area contributed by atoms with Crippen LogP contribution in [-0.4, -0.2) is 37.5 Å². The highest BCUT2D eigenvalue weighted by molar-refractivity contribution is 6.32. The number of nitro benzene ring substituents is 1. The first-order valence-electron chi connectivity index (χ1n) is 9.73. The van der Waals surface area contributed by atoms with Crippen molar-refractivity contribution in [3.63, 3.8) is 0 Å². The van der Waals surface area contributed by atoms with Gasteiger partial charge in [0.1, 0.15) is 17.4 Å². The van der Waals surface area contributed by atoms with Gasteiger partial charge in [0.2, 0.25) is 11.9 Å². The molecule has 0 aliphatic carbocycles. The first-order valence-corrected chi connectivity index (χ1v) is 10.1. The van der Waals surface area contributed by atoms with Gasteiger partial charge in [0, 0.05) is 11.6 Å². The van der Waals surface area contributed by atoms with E-state index in [1.165, 1.54) is 18.5 Å². The third-order valence-corrected chi connectivity index (χ3v) is 4.92. The molecule has 0 spiro atoms. The Kier molecular flexibility index (Phi) is 7.16. The quantitative estimate of drug-likeness (QED) is 0.395. The second-order valence-electron chi connectivity index (χ2n) is 7.36. The summed E-state index contributed by atoms with van der Waals surface area (Å²) in [5.41, 5.74) is 0.655. The lowest BCUT2D eigenvalue weighted by atomic mass is 10.0. The summed E-state index contributed by atoms with van der Waals surface area (Å²) in [5.74, 6) is -1.31. The highest BCUT2D eigenvalue weighted by Crippen LogP contribution is 2.25. The van der Waals surface area contributed by atoms with Crippen LogP contribution in [0.25, 0.3) is 0 Å². The molecule has 1 unspecified atom stereocenters. The van der Waals surface area contributed by atoms with Crippen molar-refractivity contribution in [3.05, 3.63) is 81.1 Å². The van der Waals surface area contributed by atoms with Crippen LogP contribution < -0.4 is 10.6 Å². The van der Waals surface area contributed by atoms with E-state index in [9.17, 15) is 19.7 Å². The number of aromatic nitrogens is 3. The summed E-state index contributed by atoms with van der Waals surface area (Å²) in [4.78, 5) is 39.9. The molecule has 1 heterocycles. The Hall–Kier alpha value is -3.79. The molecular weight excluding hydrogens is 436 g/mol. The van der Waals surface area contributed by atoms with Crippen molar-refractivity contribution in [1.29, 1.82) is 0 Å². The fourth-order valence-electron chi connectivity index (χ4n) is 2.94. The number of rotatable bonds is 8. The van der Waals surface area contributed by atoms with E-state index in [1.54, 1.807) is 18.5 Å². The van der Waals surface area contributed by atoms with Gasteiger partial charge in [-0.05, 0) is 23.6 Å². The van der Waals surface area contributed by atoms with Gasteiger partial charge in [-0.1, -0.05) is 55.8 Å². The van der Waals surface area contributed by atoms with Gasteiger partial charge in [0.15, 0.2) is 0 Å². The van der Waals surface area contributed by atoms with Crippen molar-refractivity contribution in [2.24, 2.45) is 5.92 Å². The number of hydrogen-bond donors (Lipinski definition) is 2. The number of carbonyl (C=O) groups excluding carboxylic acids is 2. The minimum Gasteiger partial charge on any atom is -0.340 e. The second-order valence-corrected chi connectivity index (χ2v) is 7.77. The summed E-state index contributed by atoms with van der Waals surface area (Å²) in [6.07, 6.45) is 1.50. The topological polar surface area (TPSA) is 132 Å². The Labute approximate surface area is 188 Å². The van der Waals surface area contributed by atoms with E-state index in [1.807, 2.05) is 30.3 Å². The highest BCUT2D eigenvalue weighted by Gasteiger charge is 2.26. The maximum absolute atomic E-state index is 12.8. The Morgan fingerprint density at radius 1 is 1.19 bits per heavy atom. The van der Waals surface area contributed by atoms with Crippen LogP contribution in [0.4, 0.5) is 11.6 Å². The molecule has 0 aliphatic rings. The maximum atomic E-state index is 12.8. The first kappa shape index (κ1) is 22.9. The van der Waals surface area contributed by atoms with E-state index in [2.05, 4.69) is 20.7 Å². The van der Waals surface area contributed by atoms with Gasteiger partial charge in [-0.25, -0.2) is 9.67 Å². The fraction of sp³-hybridized carbons (Fsp3) is 0.238. The summed E-state index contributed by atoms with van der Waals surface area (Å²) < 4.78 is 1.58. The summed E-state index contributed by atoms with van der Waals surface area (Å²) in [5, 5.41) is 20.4. The normalized spacial score (nSPS) is 11.8. The van der Waals surface area contributed by atoms with E-state index in [0.29, 0.717) is 6.54 Å². The van der Waals surface area contributed by atoms with Gasteiger partial charge in [0.25, 0.3) is 11.6 Å². The minimum absolute atomic E-state index is 0.0183. The lowest BCUT2D eigenvalue weighted by Crippen LogP contribution is -2.47. The lowest BCUT2D eigenvalue weighted by Gasteiger charge is -2.21. The molecule has 3 rings (SSSR count). The van der Waals surface area contributed by atoms with Crippen LogP contribution in [0.1, 0.15) is 29.8 Å². The van der Waals surface area contributed by atoms with E-state index in [4.69, 9.17) is 11.6 Å². The number of nitrogens with zero attached hydrogens (tertiary/aromatic N) is 4. The smallest absolute Gasteiger partial charge is 0.288 e. The number of amides is 2. The molecule has 0 radical (unpaired) electrons. The van der Waals surface area contributed by atoms with Crippen LogP contribution in [0.15, 0.2) is 54.9 Å². The van der Waals surface area contributed by atoms with Crippen molar-refractivity contribution in [1.82, 2.24) is 20.1 Å². The average Bonchev–Trinajstić information content (AvgIpc) is 3.18. The van der Waals surface area contributed by atoms with E-state index in [0.717, 1.165) is 11.6 Å². The number of hydrogen-bond acceptors (Lipinski definition) is 6. The SMILES string of the molecule is CC(C)C(NC(=O)c1ccc(Cl)c([N+](=O)[O-])c1)C(=O)Nc1ncn(Cc2ccccc2)n1. The van der Waals surface area contributed by atoms with E-state index < -0.39 is 28.5 Å². The molecule has 166 valence electrons. The number of benzene rings is 2. The highest BCUT2D eigenvalue weighted by atomic mass is 35.5. The molecular formula is C21H21ClN6O4. The van der Waals surface area contributed by atoms with Crippen molar-refractivity contribution >= 4 is 35.1 Å². The first-order chi connectivity index (χ1) is 15.2. The molecule has 2 amide bonds. The molecule has 0 fully saturated rings. The van der Waals surface area contributed by atoms with Gasteiger partial charge in [-0.2, -0.15) is 0 Å². The van der Waals surface area contributed by atoms with E-state index >= 15 is 0 Å². The van der Waals surface area contributed by atoms with Crippen molar-refractivity contribution in [2.75, 3.05) is 5.32 Å². The Morgan fingerprint density at radius 2 is 1.91 bits per heavy atom. The molecule has 0 aliphatic heterocycles. The molecule has 1 aromatic heterocycles. The monoisotopic (exact) mass is 456 g/mol. The summed E-state index contributed by atoms with van der Waals surface area (Å²) in [6.45, 7) is 4.01. The third-order valence-electron chi connectivity index (χ3n) is 4.60. The van der Waals surface area contributed by atoms with Gasteiger partial charge in [-0.15, -0.1) is 5.10 Å². The molecule has 0 saturated carbocycles. The molecule has 11 heteroatoms. The van der Waals surface area contributed by atoms with Crippen molar-refractivity contribution in [3.8, 4) is 0 Å². The lowest BCUT2D eigenvalue weighted by molar-refractivity contribution is -0.384. The molecule has 1 atom stereocenters. The van der Waals surface area contributed by atoms with Crippen LogP contribution in [0.5, 0.6) is 0 Å². The Morgan fingerprint density at radius 3 is 2.56 bits per heavy atom. The Bertz CT molecular complexity index is 1130. The van der Waals surface area contributed by atoms with Crippen LogP contribution >= 0.6 is 11.6 Å². The maximum Gasteiger partial charge on any atom is 0.288 e. The number of nitrogens with one attached hydrogen (secondary N) is 2. The largest absolute Gasteiger partial charge is 0.340 e. The van der Waals surface area contributed by atoms with Crippen LogP contribution in [0.2, 0.25) is 5.02 Å². The average molecular weight is 457 g/mol. The Balaban J connectivity index is 1.68. The van der Waals surface area contributed by atoms with Crippen LogP contribution in [0, 0.1) is 16.0 Å². The predicted molar refractivity (Wildman–Crippen MR) is 118 cm³/mol. The number of nitro groups is 1. The standard InChI is InChI=1S/C21H21ClN6O4/c1-13(2)18(24-19(29)15-8-9-16(22)17(10-15)28(31)32)20(30)25-21-23-12-27(26-21)11-14-6-4-3-5-7-14/h3-10,12-13,18H,11H2,1-2H3,(H,24,29)(H,25,26,30). The van der Waals surface area contributed by atoms with E-state index in [-0.39, 0.29) is 22.5 Å². The number of halogens is 1. The number of anilines is 1. The number of carbonyl (C=O) groups is 2. The predicted octanol–water partition coefficient (Wildman–Crippen LogP) is 3.28. The van der Waals surface area contributed by atoms with Gasteiger partial charge in [-0.3, -0.25) is 25.0 Å². The van der Waals surface area contributed by atoms with Crippen LogP contribution in [0.3, 0.4) is 0 Å². The van der Waals surface area contributed by atoms with Crippen molar-refractivity contribution < 1.29 is 14.5 Å². The summed E-state index contributed by atoms with van der Waals surface area (Å²) >= 11 is 5.79. The molecule has 0 saturated heterocycles. The van der Waals surface area contributed by atoms with Gasteiger partial charge >= 0.3 is 0 Å². The van der Waals surface area contributed by atoms with Crippen molar-refractivity contribution in [2.45, 2.75) is 26.4 Å². The molecule has 10 nitrogen and oxygen atoms in total. The molecule has 2 N–H and O–H groups in total.